The van der Waals surface area contributed by atoms with E-state index in [1.54, 1.807) is 30.5 Å². The first-order valence-corrected chi connectivity index (χ1v) is 8.47. The van der Waals surface area contributed by atoms with Crippen molar-refractivity contribution in [1.29, 1.82) is 0 Å². The van der Waals surface area contributed by atoms with Crippen LogP contribution < -0.4 is 20.1 Å². The Hall–Kier alpha value is -3.07. The van der Waals surface area contributed by atoms with Crippen molar-refractivity contribution in [2.24, 2.45) is 0 Å². The van der Waals surface area contributed by atoms with Gasteiger partial charge in [-0.2, -0.15) is 0 Å². The van der Waals surface area contributed by atoms with Crippen LogP contribution in [0.5, 0.6) is 11.5 Å². The zero-order valence-corrected chi connectivity index (χ0v) is 15.3. The second-order valence-electron chi connectivity index (χ2n) is 4.83. The van der Waals surface area contributed by atoms with Crippen LogP contribution >= 0.6 is 11.3 Å². The van der Waals surface area contributed by atoms with E-state index in [9.17, 15) is 14.4 Å². The molecule has 2 N–H and O–H groups in total. The number of hydrogen-bond acceptors (Lipinski definition) is 7. The average Bonchev–Trinajstić information content (AvgIpc) is 3.09. The van der Waals surface area contributed by atoms with Gasteiger partial charge in [-0.3, -0.25) is 14.9 Å². The smallest absolute Gasteiger partial charge is 0.414 e. The molecule has 0 aliphatic rings. The molecule has 0 aliphatic carbocycles. The van der Waals surface area contributed by atoms with Gasteiger partial charge >= 0.3 is 6.09 Å². The molecule has 0 radical (unpaired) electrons. The van der Waals surface area contributed by atoms with E-state index in [1.165, 1.54) is 20.3 Å². The van der Waals surface area contributed by atoms with Crippen molar-refractivity contribution in [2.45, 2.75) is 6.92 Å². The first-order chi connectivity index (χ1) is 12.5. The second kappa shape index (κ2) is 8.86. The van der Waals surface area contributed by atoms with E-state index in [0.717, 1.165) is 11.3 Å². The van der Waals surface area contributed by atoms with Gasteiger partial charge in [0.25, 0.3) is 11.8 Å². The number of imide groups is 1. The quantitative estimate of drug-likeness (QED) is 0.801. The molecule has 2 rings (SSSR count). The lowest BCUT2D eigenvalue weighted by atomic mass is 10.1. The van der Waals surface area contributed by atoms with Gasteiger partial charge in [0.1, 0.15) is 5.00 Å². The number of para-hydroxylation sites is 1. The van der Waals surface area contributed by atoms with Crippen molar-refractivity contribution >= 4 is 34.2 Å². The lowest BCUT2D eigenvalue weighted by Crippen LogP contribution is -2.31. The molecular formula is C17H18N2O6S. The minimum atomic E-state index is -0.851. The van der Waals surface area contributed by atoms with Gasteiger partial charge in [0.2, 0.25) is 0 Å². The summed E-state index contributed by atoms with van der Waals surface area (Å²) in [5.74, 6) is -0.459. The maximum absolute atomic E-state index is 12.6. The zero-order chi connectivity index (χ0) is 19.1. The third kappa shape index (κ3) is 4.31. The molecular weight excluding hydrogens is 360 g/mol. The molecule has 9 heteroatoms. The lowest BCUT2D eigenvalue weighted by molar-refractivity contribution is 0.0926. The molecule has 26 heavy (non-hydrogen) atoms. The number of ether oxygens (including phenoxy) is 3. The van der Waals surface area contributed by atoms with Crippen molar-refractivity contribution in [3.63, 3.8) is 0 Å². The summed E-state index contributed by atoms with van der Waals surface area (Å²) in [5, 5.41) is 6.65. The average molecular weight is 378 g/mol. The largest absolute Gasteiger partial charge is 0.493 e. The van der Waals surface area contributed by atoms with Crippen LogP contribution in [0.2, 0.25) is 0 Å². The third-order valence-electron chi connectivity index (χ3n) is 3.28. The second-order valence-corrected chi connectivity index (χ2v) is 5.75. The third-order valence-corrected chi connectivity index (χ3v) is 4.11. The number of hydrogen-bond donors (Lipinski definition) is 2. The molecule has 138 valence electrons. The fraction of sp³-hybridized carbons (Fsp3) is 0.235. The van der Waals surface area contributed by atoms with Gasteiger partial charge in [0.05, 0.1) is 32.0 Å². The van der Waals surface area contributed by atoms with E-state index in [0.29, 0.717) is 10.8 Å². The van der Waals surface area contributed by atoms with Crippen LogP contribution in [0.4, 0.5) is 9.80 Å². The van der Waals surface area contributed by atoms with Gasteiger partial charge < -0.3 is 19.5 Å². The van der Waals surface area contributed by atoms with E-state index in [2.05, 4.69) is 15.4 Å². The van der Waals surface area contributed by atoms with Gasteiger partial charge in [0, 0.05) is 0 Å². The van der Waals surface area contributed by atoms with Crippen molar-refractivity contribution in [3.8, 4) is 11.5 Å². The Labute approximate surface area is 154 Å². The van der Waals surface area contributed by atoms with E-state index in [-0.39, 0.29) is 23.5 Å². The summed E-state index contributed by atoms with van der Waals surface area (Å²) in [5.41, 5.74) is 0.398. The van der Waals surface area contributed by atoms with Crippen molar-refractivity contribution in [2.75, 3.05) is 26.1 Å². The fourth-order valence-corrected chi connectivity index (χ4v) is 2.93. The molecule has 1 aromatic heterocycles. The van der Waals surface area contributed by atoms with Crippen LogP contribution in [0.1, 0.15) is 27.6 Å². The van der Waals surface area contributed by atoms with Crippen LogP contribution in [0.15, 0.2) is 29.6 Å². The number of rotatable bonds is 6. The SMILES string of the molecule is CCOC(=O)NC(=O)c1ccsc1NC(=O)c1cccc(OC)c1OC. The monoisotopic (exact) mass is 378 g/mol. The Morgan fingerprint density at radius 3 is 2.46 bits per heavy atom. The summed E-state index contributed by atoms with van der Waals surface area (Å²) in [4.78, 5) is 36.1. The summed E-state index contributed by atoms with van der Waals surface area (Å²) < 4.78 is 15.1. The molecule has 0 saturated carbocycles. The summed E-state index contributed by atoms with van der Waals surface area (Å²) in [6.07, 6.45) is -0.851. The molecule has 0 atom stereocenters. The number of benzene rings is 1. The highest BCUT2D eigenvalue weighted by Crippen LogP contribution is 2.32. The molecule has 0 saturated heterocycles. The van der Waals surface area contributed by atoms with Gasteiger partial charge in [-0.1, -0.05) is 6.07 Å². The van der Waals surface area contributed by atoms with E-state index in [4.69, 9.17) is 9.47 Å². The summed E-state index contributed by atoms with van der Waals surface area (Å²) in [6.45, 7) is 1.77. The summed E-state index contributed by atoms with van der Waals surface area (Å²) in [7, 11) is 2.90. The minimum absolute atomic E-state index is 0.141. The Morgan fingerprint density at radius 2 is 1.81 bits per heavy atom. The number of methoxy groups -OCH3 is 2. The van der Waals surface area contributed by atoms with Gasteiger partial charge in [-0.25, -0.2) is 4.79 Å². The number of thiophene rings is 1. The predicted octanol–water partition coefficient (Wildman–Crippen LogP) is 2.90. The first kappa shape index (κ1) is 19.3. The van der Waals surface area contributed by atoms with Crippen molar-refractivity contribution in [3.05, 3.63) is 40.8 Å². The Kier molecular flexibility index (Phi) is 6.56. The molecule has 3 amide bonds. The Bertz CT molecular complexity index is 817. The highest BCUT2D eigenvalue weighted by Gasteiger charge is 2.21. The van der Waals surface area contributed by atoms with Crippen molar-refractivity contribution in [1.82, 2.24) is 5.32 Å². The van der Waals surface area contributed by atoms with Crippen LogP contribution in [-0.4, -0.2) is 38.7 Å². The molecule has 0 spiro atoms. The Morgan fingerprint density at radius 1 is 1.04 bits per heavy atom. The number of carbonyl (C=O) groups is 3. The van der Waals surface area contributed by atoms with Crippen LogP contribution in [0.3, 0.4) is 0 Å². The van der Waals surface area contributed by atoms with Gasteiger partial charge in [-0.15, -0.1) is 11.3 Å². The Balaban J connectivity index is 2.20. The maximum Gasteiger partial charge on any atom is 0.414 e. The molecule has 8 nitrogen and oxygen atoms in total. The standard InChI is InChI=1S/C17H18N2O6S/c1-4-25-17(22)19-15(21)11-8-9-26-16(11)18-14(20)10-6-5-7-12(23-2)13(10)24-3/h5-9H,4H2,1-3H3,(H,18,20)(H,19,21,22). The number of nitrogens with one attached hydrogen (secondary N) is 2. The predicted molar refractivity (Wildman–Crippen MR) is 96.3 cm³/mol. The molecule has 1 heterocycles. The number of carbonyl (C=O) groups excluding carboxylic acids is 3. The van der Waals surface area contributed by atoms with E-state index < -0.39 is 17.9 Å². The topological polar surface area (TPSA) is 103 Å². The highest BCUT2D eigenvalue weighted by molar-refractivity contribution is 7.14. The maximum atomic E-state index is 12.6. The van der Waals surface area contributed by atoms with Gasteiger partial charge in [0.15, 0.2) is 11.5 Å². The molecule has 0 bridgehead atoms. The number of alkyl carbamates (subject to hydrolysis) is 1. The molecule has 2 aromatic rings. The van der Waals surface area contributed by atoms with E-state index >= 15 is 0 Å². The highest BCUT2D eigenvalue weighted by atomic mass is 32.1. The van der Waals surface area contributed by atoms with Gasteiger partial charge in [-0.05, 0) is 30.5 Å². The minimum Gasteiger partial charge on any atom is -0.493 e. The first-order valence-electron chi connectivity index (χ1n) is 7.59. The molecule has 1 aromatic carbocycles. The molecule has 0 aliphatic heterocycles. The fourth-order valence-electron chi connectivity index (χ4n) is 2.15. The van der Waals surface area contributed by atoms with Crippen LogP contribution in [0, 0.1) is 0 Å². The molecule has 0 unspecified atom stereocenters. The van der Waals surface area contributed by atoms with E-state index in [1.807, 2.05) is 0 Å². The summed E-state index contributed by atoms with van der Waals surface area (Å²) >= 11 is 1.15. The van der Waals surface area contributed by atoms with Crippen molar-refractivity contribution < 1.29 is 28.6 Å². The lowest BCUT2D eigenvalue weighted by Gasteiger charge is -2.12. The number of anilines is 1. The van der Waals surface area contributed by atoms with Crippen LogP contribution in [0.25, 0.3) is 0 Å². The normalized spacial score (nSPS) is 9.96. The van der Waals surface area contributed by atoms with Crippen LogP contribution in [-0.2, 0) is 4.74 Å². The number of amides is 3. The summed E-state index contributed by atoms with van der Waals surface area (Å²) in [6, 6.07) is 6.39. The molecule has 0 fully saturated rings. The zero-order valence-electron chi connectivity index (χ0n) is 14.5.